The summed E-state index contributed by atoms with van der Waals surface area (Å²) in [6.45, 7) is 6.32. The van der Waals surface area contributed by atoms with Crippen LogP contribution in [0.15, 0.2) is 46.8 Å². The van der Waals surface area contributed by atoms with Gasteiger partial charge in [-0.2, -0.15) is 0 Å². The number of piperidine rings is 1. The Bertz CT molecular complexity index is 678. The van der Waals surface area contributed by atoms with Crippen molar-refractivity contribution >= 4 is 41.3 Å². The highest BCUT2D eigenvalue weighted by atomic mass is 127. The Labute approximate surface area is 178 Å². The van der Waals surface area contributed by atoms with Crippen LogP contribution in [-0.2, 0) is 13.1 Å². The number of aliphatic imine (C=N–C) groups is 1. The van der Waals surface area contributed by atoms with Gasteiger partial charge in [0.25, 0.3) is 0 Å². The van der Waals surface area contributed by atoms with Gasteiger partial charge in [0.1, 0.15) is 0 Å². The standard InChI is InChI=1S/C20H28N4S.HI/c1-16-10-13-25-19(16)14-22-20(21-2)23-18-8-11-24(12-9-18)15-17-6-4-3-5-7-17;/h3-7,10,13,18H,8-9,11-12,14-15H2,1-2H3,(H2,21,22,23);1H. The molecule has 2 N–H and O–H groups in total. The second-order valence-electron chi connectivity index (χ2n) is 6.63. The Morgan fingerprint density at radius 2 is 1.92 bits per heavy atom. The third-order valence-corrected chi connectivity index (χ3v) is 5.81. The van der Waals surface area contributed by atoms with Crippen LogP contribution in [-0.4, -0.2) is 37.0 Å². The predicted molar refractivity (Wildman–Crippen MR) is 123 cm³/mol. The van der Waals surface area contributed by atoms with Gasteiger partial charge in [0, 0.05) is 37.6 Å². The topological polar surface area (TPSA) is 39.7 Å². The van der Waals surface area contributed by atoms with E-state index in [2.05, 4.69) is 69.2 Å². The minimum absolute atomic E-state index is 0. The summed E-state index contributed by atoms with van der Waals surface area (Å²) >= 11 is 1.80. The van der Waals surface area contributed by atoms with Crippen molar-refractivity contribution in [2.75, 3.05) is 20.1 Å². The lowest BCUT2D eigenvalue weighted by Crippen LogP contribution is -2.48. The monoisotopic (exact) mass is 484 g/mol. The van der Waals surface area contributed by atoms with Crippen LogP contribution in [0.1, 0.15) is 28.8 Å². The molecule has 4 nitrogen and oxygen atoms in total. The summed E-state index contributed by atoms with van der Waals surface area (Å²) in [4.78, 5) is 8.30. The predicted octanol–water partition coefficient (Wildman–Crippen LogP) is 4.00. The van der Waals surface area contributed by atoms with Crippen molar-refractivity contribution in [3.8, 4) is 0 Å². The second-order valence-corrected chi connectivity index (χ2v) is 7.63. The van der Waals surface area contributed by atoms with Gasteiger partial charge in [-0.3, -0.25) is 9.89 Å². The maximum absolute atomic E-state index is 4.38. The quantitative estimate of drug-likeness (QED) is 0.383. The van der Waals surface area contributed by atoms with Crippen molar-refractivity contribution in [1.29, 1.82) is 0 Å². The van der Waals surface area contributed by atoms with Crippen molar-refractivity contribution in [2.45, 2.75) is 38.9 Å². The highest BCUT2D eigenvalue weighted by Gasteiger charge is 2.20. The highest BCUT2D eigenvalue weighted by Crippen LogP contribution is 2.15. The molecule has 1 aliphatic rings. The molecule has 0 unspecified atom stereocenters. The van der Waals surface area contributed by atoms with Crippen LogP contribution >= 0.6 is 35.3 Å². The average Bonchev–Trinajstić information content (AvgIpc) is 3.06. The summed E-state index contributed by atoms with van der Waals surface area (Å²) in [5.41, 5.74) is 2.75. The number of aryl methyl sites for hydroxylation is 1. The molecule has 2 aromatic rings. The van der Waals surface area contributed by atoms with Crippen LogP contribution < -0.4 is 10.6 Å². The molecule has 0 atom stereocenters. The Morgan fingerprint density at radius 1 is 1.19 bits per heavy atom. The third-order valence-electron chi connectivity index (χ3n) is 4.79. The van der Waals surface area contributed by atoms with Crippen molar-refractivity contribution < 1.29 is 0 Å². The minimum atomic E-state index is 0. The SMILES string of the molecule is CN=C(NCc1sccc1C)NC1CCN(Cc2ccccc2)CC1.I. The van der Waals surface area contributed by atoms with Gasteiger partial charge in [0.05, 0.1) is 6.54 Å². The molecular formula is C20H29IN4S. The van der Waals surface area contributed by atoms with Crippen LogP contribution in [0.2, 0.25) is 0 Å². The Kier molecular flexibility index (Phi) is 8.87. The third kappa shape index (κ3) is 6.25. The van der Waals surface area contributed by atoms with Gasteiger partial charge >= 0.3 is 0 Å². The molecule has 1 aromatic heterocycles. The molecule has 1 aromatic carbocycles. The van der Waals surface area contributed by atoms with E-state index in [4.69, 9.17) is 0 Å². The molecular weight excluding hydrogens is 455 g/mol. The lowest BCUT2D eigenvalue weighted by Gasteiger charge is -2.33. The normalized spacial score (nSPS) is 16.2. The molecule has 0 saturated carbocycles. The van der Waals surface area contributed by atoms with Gasteiger partial charge in [-0.05, 0) is 42.3 Å². The van der Waals surface area contributed by atoms with Crippen molar-refractivity contribution in [2.24, 2.45) is 4.99 Å². The number of halogens is 1. The van der Waals surface area contributed by atoms with E-state index in [0.717, 1.165) is 45.0 Å². The first-order valence-corrected chi connectivity index (χ1v) is 9.89. The zero-order valence-electron chi connectivity index (χ0n) is 15.6. The molecule has 1 aliphatic heterocycles. The Morgan fingerprint density at radius 3 is 2.54 bits per heavy atom. The fraction of sp³-hybridized carbons (Fsp3) is 0.450. The molecule has 3 rings (SSSR count). The molecule has 6 heteroatoms. The maximum Gasteiger partial charge on any atom is 0.191 e. The smallest absolute Gasteiger partial charge is 0.191 e. The fourth-order valence-corrected chi connectivity index (χ4v) is 4.06. The number of guanidine groups is 1. The van der Waals surface area contributed by atoms with Crippen LogP contribution in [0.4, 0.5) is 0 Å². The van der Waals surface area contributed by atoms with Crippen molar-refractivity contribution in [1.82, 2.24) is 15.5 Å². The second kappa shape index (κ2) is 10.9. The molecule has 0 radical (unpaired) electrons. The van der Waals surface area contributed by atoms with E-state index in [0.29, 0.717) is 6.04 Å². The van der Waals surface area contributed by atoms with Gasteiger partial charge < -0.3 is 10.6 Å². The van der Waals surface area contributed by atoms with E-state index in [1.807, 2.05) is 7.05 Å². The van der Waals surface area contributed by atoms with Gasteiger partial charge in [-0.15, -0.1) is 35.3 Å². The van der Waals surface area contributed by atoms with Gasteiger partial charge in [0.15, 0.2) is 5.96 Å². The maximum atomic E-state index is 4.38. The number of hydrogen-bond acceptors (Lipinski definition) is 3. The van der Waals surface area contributed by atoms with E-state index in [1.54, 1.807) is 11.3 Å². The lowest BCUT2D eigenvalue weighted by molar-refractivity contribution is 0.198. The number of nitrogens with zero attached hydrogens (tertiary/aromatic N) is 2. The van der Waals surface area contributed by atoms with Crippen LogP contribution in [0.3, 0.4) is 0 Å². The average molecular weight is 484 g/mol. The van der Waals surface area contributed by atoms with Gasteiger partial charge in [-0.1, -0.05) is 30.3 Å². The first-order valence-electron chi connectivity index (χ1n) is 9.01. The van der Waals surface area contributed by atoms with E-state index < -0.39 is 0 Å². The van der Waals surface area contributed by atoms with E-state index in [1.165, 1.54) is 16.0 Å². The zero-order valence-corrected chi connectivity index (χ0v) is 18.7. The summed E-state index contributed by atoms with van der Waals surface area (Å²) in [5, 5.41) is 9.18. The number of thiophene rings is 1. The summed E-state index contributed by atoms with van der Waals surface area (Å²) in [7, 11) is 1.85. The minimum Gasteiger partial charge on any atom is -0.354 e. The molecule has 2 heterocycles. The van der Waals surface area contributed by atoms with Crippen LogP contribution in [0.5, 0.6) is 0 Å². The number of benzene rings is 1. The molecule has 0 amide bonds. The van der Waals surface area contributed by atoms with E-state index in [9.17, 15) is 0 Å². The molecule has 26 heavy (non-hydrogen) atoms. The zero-order chi connectivity index (χ0) is 17.5. The molecule has 0 bridgehead atoms. The first kappa shape index (κ1) is 21.2. The highest BCUT2D eigenvalue weighted by molar-refractivity contribution is 14.0. The number of likely N-dealkylation sites (tertiary alicyclic amines) is 1. The number of hydrogen-bond donors (Lipinski definition) is 2. The Hall–Kier alpha value is -1.12. The lowest BCUT2D eigenvalue weighted by atomic mass is 10.0. The van der Waals surface area contributed by atoms with Crippen molar-refractivity contribution in [3.05, 3.63) is 57.8 Å². The molecule has 0 spiro atoms. The fourth-order valence-electron chi connectivity index (χ4n) is 3.21. The van der Waals surface area contributed by atoms with Gasteiger partial charge in [0.2, 0.25) is 0 Å². The molecule has 1 fully saturated rings. The number of nitrogens with one attached hydrogen (secondary N) is 2. The molecule has 1 saturated heterocycles. The summed E-state index contributed by atoms with van der Waals surface area (Å²) in [5.74, 6) is 0.911. The number of rotatable bonds is 5. The summed E-state index contributed by atoms with van der Waals surface area (Å²) < 4.78 is 0. The summed E-state index contributed by atoms with van der Waals surface area (Å²) in [6, 6.07) is 13.4. The van der Waals surface area contributed by atoms with Crippen molar-refractivity contribution in [3.63, 3.8) is 0 Å². The van der Waals surface area contributed by atoms with Gasteiger partial charge in [-0.25, -0.2) is 0 Å². The first-order chi connectivity index (χ1) is 12.2. The largest absolute Gasteiger partial charge is 0.354 e. The Balaban J connectivity index is 0.00000243. The summed E-state index contributed by atoms with van der Waals surface area (Å²) in [6.07, 6.45) is 2.32. The van der Waals surface area contributed by atoms with Crippen LogP contribution in [0.25, 0.3) is 0 Å². The van der Waals surface area contributed by atoms with E-state index in [-0.39, 0.29) is 24.0 Å². The van der Waals surface area contributed by atoms with E-state index >= 15 is 0 Å². The van der Waals surface area contributed by atoms with Crippen LogP contribution in [0, 0.1) is 6.92 Å². The molecule has 0 aliphatic carbocycles. The molecule has 142 valence electrons.